The summed E-state index contributed by atoms with van der Waals surface area (Å²) in [6, 6.07) is 6.94. The maximum absolute atomic E-state index is 6.35. The molecule has 18 heavy (non-hydrogen) atoms. The van der Waals surface area contributed by atoms with Crippen LogP contribution in [0.1, 0.15) is 38.2 Å². The first-order chi connectivity index (χ1) is 8.56. The number of rotatable bonds is 3. The molecule has 2 nitrogen and oxygen atoms in total. The van der Waals surface area contributed by atoms with Gasteiger partial charge in [0.1, 0.15) is 0 Å². The van der Waals surface area contributed by atoms with E-state index in [1.165, 1.54) is 31.5 Å². The number of anilines is 1. The van der Waals surface area contributed by atoms with E-state index < -0.39 is 0 Å². The molecule has 0 atom stereocenters. The van der Waals surface area contributed by atoms with Gasteiger partial charge in [0, 0.05) is 6.04 Å². The Morgan fingerprint density at radius 2 is 1.94 bits per heavy atom. The van der Waals surface area contributed by atoms with E-state index in [1.54, 1.807) is 0 Å². The average Bonchev–Trinajstić information content (AvgIpc) is 2.34. The van der Waals surface area contributed by atoms with Crippen molar-refractivity contribution in [3.05, 3.63) is 28.8 Å². The van der Waals surface area contributed by atoms with Gasteiger partial charge in [-0.25, -0.2) is 0 Å². The number of hydrogen-bond donors (Lipinski definition) is 1. The second-order valence-electron chi connectivity index (χ2n) is 5.62. The van der Waals surface area contributed by atoms with Crippen molar-refractivity contribution in [2.24, 2.45) is 0 Å². The molecule has 1 aromatic rings. The van der Waals surface area contributed by atoms with Crippen LogP contribution < -0.4 is 5.32 Å². The zero-order valence-electron chi connectivity index (χ0n) is 11.5. The minimum absolute atomic E-state index is 0.528. The van der Waals surface area contributed by atoms with Gasteiger partial charge in [0.05, 0.1) is 10.7 Å². The Hall–Kier alpha value is -0.730. The smallest absolute Gasteiger partial charge is 0.0640 e. The topological polar surface area (TPSA) is 15.3 Å². The predicted molar refractivity (Wildman–Crippen MR) is 79.7 cm³/mol. The van der Waals surface area contributed by atoms with Crippen LogP contribution in [0.5, 0.6) is 0 Å². The maximum Gasteiger partial charge on any atom is 0.0640 e. The lowest BCUT2D eigenvalue weighted by atomic mass is 10.0. The lowest BCUT2D eigenvalue weighted by molar-refractivity contribution is 0.264. The van der Waals surface area contributed by atoms with E-state index in [4.69, 9.17) is 11.6 Å². The predicted octanol–water partition coefficient (Wildman–Crippen LogP) is 3.97. The van der Waals surface area contributed by atoms with E-state index in [1.807, 2.05) is 0 Å². The Kier molecular flexibility index (Phi) is 4.52. The lowest BCUT2D eigenvalue weighted by Crippen LogP contribution is -2.36. The molecule has 1 heterocycles. The number of benzene rings is 1. The number of likely N-dealkylation sites (tertiary alicyclic amines) is 1. The highest BCUT2D eigenvalue weighted by Gasteiger charge is 2.17. The second kappa shape index (κ2) is 5.94. The van der Waals surface area contributed by atoms with Crippen molar-refractivity contribution in [2.75, 3.05) is 25.5 Å². The summed E-state index contributed by atoms with van der Waals surface area (Å²) < 4.78 is 0. The number of halogens is 1. The van der Waals surface area contributed by atoms with Crippen LogP contribution in [0.15, 0.2) is 18.2 Å². The van der Waals surface area contributed by atoms with Crippen molar-refractivity contribution in [2.45, 2.75) is 38.6 Å². The monoisotopic (exact) mass is 266 g/mol. The Labute approximate surface area is 115 Å². The third-order valence-electron chi connectivity index (χ3n) is 3.74. The molecule has 1 fully saturated rings. The molecular formula is C15H23ClN2. The van der Waals surface area contributed by atoms with Crippen LogP contribution in [-0.2, 0) is 0 Å². The molecule has 0 unspecified atom stereocenters. The Morgan fingerprint density at radius 3 is 2.50 bits per heavy atom. The summed E-state index contributed by atoms with van der Waals surface area (Å²) in [6.07, 6.45) is 2.39. The van der Waals surface area contributed by atoms with E-state index >= 15 is 0 Å². The number of nitrogens with one attached hydrogen (secondary N) is 1. The van der Waals surface area contributed by atoms with Crippen molar-refractivity contribution < 1.29 is 0 Å². The largest absolute Gasteiger partial charge is 0.381 e. The molecule has 1 aliphatic heterocycles. The molecule has 1 aliphatic rings. The van der Waals surface area contributed by atoms with E-state index in [2.05, 4.69) is 49.3 Å². The zero-order chi connectivity index (χ0) is 13.1. The molecule has 0 bridgehead atoms. The maximum atomic E-state index is 6.35. The van der Waals surface area contributed by atoms with Crippen LogP contribution in [0, 0.1) is 0 Å². The number of hydrogen-bond acceptors (Lipinski definition) is 2. The van der Waals surface area contributed by atoms with Crippen LogP contribution >= 0.6 is 11.6 Å². The lowest BCUT2D eigenvalue weighted by Gasteiger charge is -2.30. The summed E-state index contributed by atoms with van der Waals surface area (Å²) in [7, 11) is 2.18. The summed E-state index contributed by atoms with van der Waals surface area (Å²) in [5.41, 5.74) is 2.38. The highest BCUT2D eigenvalue weighted by atomic mass is 35.5. The molecule has 1 saturated heterocycles. The fraction of sp³-hybridized carbons (Fsp3) is 0.600. The molecule has 0 saturated carbocycles. The van der Waals surface area contributed by atoms with E-state index in [0.29, 0.717) is 12.0 Å². The highest BCUT2D eigenvalue weighted by molar-refractivity contribution is 6.33. The summed E-state index contributed by atoms with van der Waals surface area (Å²) in [5.74, 6) is 0.528. The quantitative estimate of drug-likeness (QED) is 0.891. The molecule has 1 N–H and O–H groups in total. The van der Waals surface area contributed by atoms with Crippen molar-refractivity contribution in [3.8, 4) is 0 Å². The molecule has 1 aromatic carbocycles. The van der Waals surface area contributed by atoms with Crippen molar-refractivity contribution in [1.82, 2.24) is 4.90 Å². The summed E-state index contributed by atoms with van der Waals surface area (Å²) in [6.45, 7) is 6.71. The Morgan fingerprint density at radius 1 is 1.28 bits per heavy atom. The third kappa shape index (κ3) is 3.39. The SMILES string of the molecule is CC(C)c1ccc(NC2CCN(C)CC2)c(Cl)c1. The number of nitrogens with zero attached hydrogens (tertiary/aromatic N) is 1. The van der Waals surface area contributed by atoms with Crippen LogP contribution in [0.3, 0.4) is 0 Å². The molecule has 0 aliphatic carbocycles. The van der Waals surface area contributed by atoms with Crippen molar-refractivity contribution in [3.63, 3.8) is 0 Å². The fourth-order valence-corrected chi connectivity index (χ4v) is 2.62. The highest BCUT2D eigenvalue weighted by Crippen LogP contribution is 2.28. The molecule has 0 aromatic heterocycles. The molecule has 0 amide bonds. The minimum atomic E-state index is 0.528. The van der Waals surface area contributed by atoms with Crippen molar-refractivity contribution in [1.29, 1.82) is 0 Å². The first kappa shape index (κ1) is 13.7. The molecule has 0 radical (unpaired) electrons. The Bertz CT molecular complexity index is 395. The Balaban J connectivity index is 2.01. The standard InChI is InChI=1S/C15H23ClN2/c1-11(2)12-4-5-15(14(16)10-12)17-13-6-8-18(3)9-7-13/h4-5,10-11,13,17H,6-9H2,1-3H3. The van der Waals surface area contributed by atoms with Crippen LogP contribution in [-0.4, -0.2) is 31.1 Å². The molecule has 2 rings (SSSR count). The van der Waals surface area contributed by atoms with Crippen LogP contribution in [0.25, 0.3) is 0 Å². The molecule has 0 spiro atoms. The van der Waals surface area contributed by atoms with Gasteiger partial charge in [-0.15, -0.1) is 0 Å². The fourth-order valence-electron chi connectivity index (χ4n) is 2.38. The van der Waals surface area contributed by atoms with Gasteiger partial charge in [-0.1, -0.05) is 31.5 Å². The number of piperidine rings is 1. The third-order valence-corrected chi connectivity index (χ3v) is 4.05. The van der Waals surface area contributed by atoms with Gasteiger partial charge in [-0.3, -0.25) is 0 Å². The van der Waals surface area contributed by atoms with Crippen LogP contribution in [0.4, 0.5) is 5.69 Å². The molecule has 100 valence electrons. The van der Waals surface area contributed by atoms with E-state index in [-0.39, 0.29) is 0 Å². The summed E-state index contributed by atoms with van der Waals surface area (Å²) >= 11 is 6.35. The first-order valence-corrected chi connectivity index (χ1v) is 7.18. The summed E-state index contributed by atoms with van der Waals surface area (Å²) in [4.78, 5) is 2.38. The van der Waals surface area contributed by atoms with Gasteiger partial charge < -0.3 is 10.2 Å². The first-order valence-electron chi connectivity index (χ1n) is 6.81. The zero-order valence-corrected chi connectivity index (χ0v) is 12.3. The molecular weight excluding hydrogens is 244 g/mol. The van der Waals surface area contributed by atoms with Gasteiger partial charge in [0.25, 0.3) is 0 Å². The second-order valence-corrected chi connectivity index (χ2v) is 6.02. The van der Waals surface area contributed by atoms with Gasteiger partial charge in [-0.05, 0) is 56.6 Å². The van der Waals surface area contributed by atoms with E-state index in [0.717, 1.165) is 10.7 Å². The van der Waals surface area contributed by atoms with Gasteiger partial charge in [0.2, 0.25) is 0 Å². The van der Waals surface area contributed by atoms with Crippen LogP contribution in [0.2, 0.25) is 5.02 Å². The van der Waals surface area contributed by atoms with E-state index in [9.17, 15) is 0 Å². The summed E-state index contributed by atoms with van der Waals surface area (Å²) in [5, 5.41) is 4.42. The average molecular weight is 267 g/mol. The normalized spacial score (nSPS) is 18.3. The van der Waals surface area contributed by atoms with Gasteiger partial charge in [0.15, 0.2) is 0 Å². The molecule has 3 heteroatoms. The minimum Gasteiger partial charge on any atom is -0.381 e. The van der Waals surface area contributed by atoms with Gasteiger partial charge in [-0.2, -0.15) is 0 Å². The van der Waals surface area contributed by atoms with Crippen molar-refractivity contribution >= 4 is 17.3 Å². The van der Waals surface area contributed by atoms with Gasteiger partial charge >= 0.3 is 0 Å².